The third-order valence-corrected chi connectivity index (χ3v) is 5.65. The van der Waals surface area contributed by atoms with Gasteiger partial charge in [0.15, 0.2) is 0 Å². The second kappa shape index (κ2) is 8.66. The Morgan fingerprint density at radius 1 is 1.30 bits per heavy atom. The number of pyridine rings is 1. The number of halogens is 3. The van der Waals surface area contributed by atoms with Crippen molar-refractivity contribution in [3.63, 3.8) is 0 Å². The molecule has 1 aliphatic rings. The number of anilines is 1. The Kier molecular flexibility index (Phi) is 6.39. The second-order valence-electron chi connectivity index (χ2n) is 7.15. The Balaban J connectivity index is 1.84. The van der Waals surface area contributed by atoms with Crippen molar-refractivity contribution in [3.8, 4) is 0 Å². The average Bonchev–Trinajstić information content (AvgIpc) is 3.09. The summed E-state index contributed by atoms with van der Waals surface area (Å²) < 4.78 is 51.1. The van der Waals surface area contributed by atoms with Crippen molar-refractivity contribution < 1.29 is 32.2 Å². The van der Waals surface area contributed by atoms with Gasteiger partial charge in [0.1, 0.15) is 11.9 Å². The largest absolute Gasteiger partial charge is 0.508 e. The number of ether oxygens (including phenoxy) is 2. The van der Waals surface area contributed by atoms with Crippen LogP contribution in [0, 0.1) is 0 Å². The molecule has 0 bridgehead atoms. The van der Waals surface area contributed by atoms with E-state index in [4.69, 9.17) is 9.47 Å². The third kappa shape index (κ3) is 4.77. The summed E-state index contributed by atoms with van der Waals surface area (Å²) in [5.74, 6) is -0.351. The number of nitrogens with zero attached hydrogens (tertiary/aromatic N) is 2. The molecular weight excluding hydrogens is 423 g/mol. The number of aromatic nitrogens is 1. The molecule has 0 aliphatic carbocycles. The van der Waals surface area contributed by atoms with Crippen LogP contribution < -0.4 is 10.2 Å². The summed E-state index contributed by atoms with van der Waals surface area (Å²) >= 11 is 0.845. The van der Waals surface area contributed by atoms with Crippen molar-refractivity contribution in [1.82, 2.24) is 10.3 Å². The maximum Gasteiger partial charge on any atom is 0.508 e. The fraction of sp³-hybridized carbons (Fsp3) is 0.526. The summed E-state index contributed by atoms with van der Waals surface area (Å²) in [5.41, 5.74) is -0.677. The van der Waals surface area contributed by atoms with Gasteiger partial charge in [-0.05, 0) is 19.9 Å². The van der Waals surface area contributed by atoms with Gasteiger partial charge in [-0.3, -0.25) is 4.79 Å². The molecule has 7 nitrogen and oxygen atoms in total. The number of piperidine rings is 1. The van der Waals surface area contributed by atoms with Gasteiger partial charge >= 0.3 is 12.3 Å². The van der Waals surface area contributed by atoms with E-state index < -0.39 is 23.8 Å². The van der Waals surface area contributed by atoms with Gasteiger partial charge in [0, 0.05) is 38.4 Å². The van der Waals surface area contributed by atoms with Gasteiger partial charge in [-0.15, -0.1) is 11.3 Å². The lowest BCUT2D eigenvalue weighted by molar-refractivity contribution is -0.136. The molecular formula is C19H22F3N3O4S. The van der Waals surface area contributed by atoms with Gasteiger partial charge in [0.2, 0.25) is 0 Å². The number of rotatable bonds is 4. The minimum absolute atomic E-state index is 0.0306. The third-order valence-electron chi connectivity index (χ3n) is 4.65. The zero-order valence-electron chi connectivity index (χ0n) is 16.7. The maximum atomic E-state index is 13.7. The highest BCUT2D eigenvalue weighted by Crippen LogP contribution is 2.40. The van der Waals surface area contributed by atoms with E-state index in [1.165, 1.54) is 12.4 Å². The second-order valence-corrected chi connectivity index (χ2v) is 8.03. The fourth-order valence-electron chi connectivity index (χ4n) is 3.22. The number of hydrogen-bond acceptors (Lipinski definition) is 7. The van der Waals surface area contributed by atoms with Crippen LogP contribution in [0.15, 0.2) is 11.4 Å². The zero-order chi connectivity index (χ0) is 22.1. The van der Waals surface area contributed by atoms with Gasteiger partial charge < -0.3 is 19.7 Å². The lowest BCUT2D eigenvalue weighted by Crippen LogP contribution is -2.38. The van der Waals surface area contributed by atoms with Crippen LogP contribution in [0.4, 0.5) is 23.8 Å². The smallest absolute Gasteiger partial charge is 0.432 e. The van der Waals surface area contributed by atoms with Gasteiger partial charge in [-0.1, -0.05) is 0 Å². The summed E-state index contributed by atoms with van der Waals surface area (Å²) in [6.45, 7) is 4.13. The highest BCUT2D eigenvalue weighted by atomic mass is 32.1. The minimum Gasteiger partial charge on any atom is -0.432 e. The normalized spacial score (nSPS) is 15.5. The number of thiophene rings is 1. The summed E-state index contributed by atoms with van der Waals surface area (Å²) in [7, 11) is 1.41. The minimum atomic E-state index is -4.58. The zero-order valence-corrected chi connectivity index (χ0v) is 17.5. The van der Waals surface area contributed by atoms with Crippen LogP contribution in [-0.4, -0.2) is 49.4 Å². The predicted octanol–water partition coefficient (Wildman–Crippen LogP) is 4.21. The van der Waals surface area contributed by atoms with E-state index in [1.807, 2.05) is 0 Å². The van der Waals surface area contributed by atoms with Crippen molar-refractivity contribution >= 4 is 39.4 Å². The highest BCUT2D eigenvalue weighted by molar-refractivity contribution is 7.17. The van der Waals surface area contributed by atoms with E-state index in [1.54, 1.807) is 18.7 Å². The van der Waals surface area contributed by atoms with Crippen LogP contribution in [-0.2, 0) is 15.7 Å². The van der Waals surface area contributed by atoms with E-state index in [0.717, 1.165) is 17.4 Å². The van der Waals surface area contributed by atoms with Gasteiger partial charge in [0.25, 0.3) is 5.91 Å². The Morgan fingerprint density at radius 3 is 2.53 bits per heavy atom. The molecule has 0 atom stereocenters. The van der Waals surface area contributed by atoms with Crippen LogP contribution in [0.2, 0.25) is 0 Å². The van der Waals surface area contributed by atoms with Crippen molar-refractivity contribution in [3.05, 3.63) is 22.6 Å². The van der Waals surface area contributed by atoms with Crippen molar-refractivity contribution in [2.75, 3.05) is 25.0 Å². The lowest BCUT2D eigenvalue weighted by Gasteiger charge is -2.32. The van der Waals surface area contributed by atoms with Gasteiger partial charge in [-0.25, -0.2) is 9.78 Å². The Bertz CT molecular complexity index is 937. The molecule has 11 heteroatoms. The van der Waals surface area contributed by atoms with E-state index in [0.29, 0.717) is 25.9 Å². The van der Waals surface area contributed by atoms with E-state index in [-0.39, 0.29) is 33.8 Å². The number of hydrogen-bond donors (Lipinski definition) is 1. The molecule has 0 aromatic carbocycles. The lowest BCUT2D eigenvalue weighted by atomic mass is 10.1. The molecule has 3 rings (SSSR count). The first-order chi connectivity index (χ1) is 14.1. The topological polar surface area (TPSA) is 80.8 Å². The van der Waals surface area contributed by atoms with Crippen LogP contribution in [0.1, 0.15) is 42.6 Å². The number of fused-ring (bicyclic) bond motifs is 1. The standard InChI is InChI=1S/C19H22F3N3O4S/c1-10(2)28-18(27)29-11-4-6-25(7-5-11)14-8-13(19(20,21)22)16-15(24-14)12(9-30-16)17(26)23-3/h8-11H,4-7H2,1-3H3,(H,23,26). The number of amides is 1. The molecule has 0 spiro atoms. The molecule has 0 unspecified atom stereocenters. The molecule has 2 aromatic heterocycles. The molecule has 0 radical (unpaired) electrons. The maximum absolute atomic E-state index is 13.7. The number of carbonyl (C=O) groups excluding carboxylic acids is 2. The predicted molar refractivity (Wildman–Crippen MR) is 106 cm³/mol. The molecule has 164 valence electrons. The molecule has 0 saturated carbocycles. The first kappa shape index (κ1) is 22.1. The van der Waals surface area contributed by atoms with Gasteiger partial charge in [-0.2, -0.15) is 13.2 Å². The quantitative estimate of drug-likeness (QED) is 0.711. The Morgan fingerprint density at radius 2 is 1.97 bits per heavy atom. The van der Waals surface area contributed by atoms with Crippen LogP contribution in [0.3, 0.4) is 0 Å². The molecule has 1 N–H and O–H groups in total. The van der Waals surface area contributed by atoms with E-state index in [9.17, 15) is 22.8 Å². The molecule has 30 heavy (non-hydrogen) atoms. The first-order valence-corrected chi connectivity index (χ1v) is 10.3. The summed E-state index contributed by atoms with van der Waals surface area (Å²) in [5, 5.41) is 3.81. The molecule has 1 amide bonds. The SMILES string of the molecule is CNC(=O)c1csc2c(C(F)(F)F)cc(N3CCC(OC(=O)OC(C)C)CC3)nc12. The average molecular weight is 445 g/mol. The fourth-order valence-corrected chi connectivity index (χ4v) is 4.25. The molecule has 1 fully saturated rings. The number of nitrogens with one attached hydrogen (secondary N) is 1. The molecule has 1 saturated heterocycles. The van der Waals surface area contributed by atoms with Crippen molar-refractivity contribution in [1.29, 1.82) is 0 Å². The van der Waals surface area contributed by atoms with Crippen LogP contribution >= 0.6 is 11.3 Å². The van der Waals surface area contributed by atoms with E-state index in [2.05, 4.69) is 10.3 Å². The first-order valence-electron chi connectivity index (χ1n) is 9.44. The summed E-state index contributed by atoms with van der Waals surface area (Å²) in [6.07, 6.45) is -5.14. The Labute approximate surface area is 175 Å². The Hall–Kier alpha value is -2.56. The summed E-state index contributed by atoms with van der Waals surface area (Å²) in [4.78, 5) is 29.8. The number of alkyl halides is 3. The molecule has 2 aromatic rings. The van der Waals surface area contributed by atoms with Crippen molar-refractivity contribution in [2.45, 2.75) is 45.1 Å². The number of carbonyl (C=O) groups is 2. The molecule has 3 heterocycles. The van der Waals surface area contributed by atoms with Crippen LogP contribution in [0.5, 0.6) is 0 Å². The summed E-state index contributed by atoms with van der Waals surface area (Å²) in [6, 6.07) is 1.01. The van der Waals surface area contributed by atoms with Gasteiger partial charge in [0.05, 0.1) is 27.4 Å². The van der Waals surface area contributed by atoms with Crippen molar-refractivity contribution in [2.24, 2.45) is 0 Å². The van der Waals surface area contributed by atoms with E-state index >= 15 is 0 Å². The molecule has 1 aliphatic heterocycles. The monoisotopic (exact) mass is 445 g/mol. The van der Waals surface area contributed by atoms with Crippen LogP contribution in [0.25, 0.3) is 10.2 Å². The highest BCUT2D eigenvalue weighted by Gasteiger charge is 2.36.